The molecule has 3 aromatic heterocycles. The Kier molecular flexibility index (Phi) is 6.70. The van der Waals surface area contributed by atoms with Crippen LogP contribution in [0.2, 0.25) is 0 Å². The minimum absolute atomic E-state index is 0.00156. The Morgan fingerprint density at radius 2 is 1.18 bits per heavy atom. The lowest BCUT2D eigenvalue weighted by molar-refractivity contribution is 0.0695. The number of benzene rings is 1. The number of carboxylic acid groups (broad SMARTS) is 1. The minimum Gasteiger partial charge on any atom is -0.478 e. The summed E-state index contributed by atoms with van der Waals surface area (Å²) in [7, 11) is -9.97. The van der Waals surface area contributed by atoms with Crippen LogP contribution in [0.25, 0.3) is 57.5 Å². The lowest BCUT2D eigenvalue weighted by Crippen LogP contribution is -2.13. The molecule has 0 fully saturated rings. The summed E-state index contributed by atoms with van der Waals surface area (Å²) in [6.45, 7) is 3.98. The van der Waals surface area contributed by atoms with E-state index >= 15 is 0 Å². The molecule has 12 nitrogen and oxygen atoms in total. The molecule has 224 valence electrons. The summed E-state index contributed by atoms with van der Waals surface area (Å²) in [5.74, 6) is -1.29. The third kappa shape index (κ3) is 4.93. The molecule has 0 unspecified atom stereocenters. The smallest absolute Gasteiger partial charge is 0.340 e. The minimum atomic E-state index is -4.98. The van der Waals surface area contributed by atoms with Crippen LogP contribution in [0.1, 0.15) is 49.8 Å². The molecular formula is C30H24N4O8S2. The second kappa shape index (κ2) is 10.1. The van der Waals surface area contributed by atoms with Crippen LogP contribution < -0.4 is 0 Å². The number of hydrogen-bond donors (Lipinski definition) is 5. The van der Waals surface area contributed by atoms with Gasteiger partial charge in [-0.3, -0.25) is 9.11 Å². The number of fused-ring (bicyclic) bond motifs is 8. The van der Waals surface area contributed by atoms with E-state index in [1.54, 1.807) is 30.4 Å². The molecule has 8 bridgehead atoms. The number of aromatic nitrogens is 4. The highest BCUT2D eigenvalue weighted by atomic mass is 32.2. The molecule has 0 spiro atoms. The lowest BCUT2D eigenvalue weighted by atomic mass is 9.92. The van der Waals surface area contributed by atoms with Crippen LogP contribution in [0.15, 0.2) is 46.2 Å². The summed E-state index contributed by atoms with van der Waals surface area (Å²) in [4.78, 5) is 26.7. The van der Waals surface area contributed by atoms with Crippen LogP contribution in [0.3, 0.4) is 0 Å². The molecule has 0 saturated carbocycles. The molecule has 1 aromatic carbocycles. The number of H-pyrrole nitrogens is 2. The zero-order valence-electron chi connectivity index (χ0n) is 23.4. The van der Waals surface area contributed by atoms with Crippen molar-refractivity contribution >= 4 is 72.6 Å². The number of aromatic carboxylic acids is 1. The van der Waals surface area contributed by atoms with Gasteiger partial charge in [0.05, 0.1) is 22.8 Å². The topological polar surface area (TPSA) is 203 Å². The summed E-state index contributed by atoms with van der Waals surface area (Å²) in [5, 5.41) is 10.2. The van der Waals surface area contributed by atoms with Crippen molar-refractivity contribution in [2.75, 3.05) is 0 Å². The zero-order valence-corrected chi connectivity index (χ0v) is 25.0. The van der Waals surface area contributed by atoms with E-state index in [-0.39, 0.29) is 50.5 Å². The third-order valence-electron chi connectivity index (χ3n) is 7.49. The molecule has 2 aliphatic rings. The molecular weight excluding hydrogens is 608 g/mol. The van der Waals surface area contributed by atoms with Gasteiger partial charge < -0.3 is 15.1 Å². The van der Waals surface area contributed by atoms with Crippen LogP contribution >= 0.6 is 0 Å². The highest BCUT2D eigenvalue weighted by molar-refractivity contribution is 7.86. The van der Waals surface area contributed by atoms with Gasteiger partial charge in [-0.25, -0.2) is 14.8 Å². The number of hydrogen-bond acceptors (Lipinski definition) is 7. The number of aromatic amines is 2. The summed E-state index contributed by atoms with van der Waals surface area (Å²) < 4.78 is 70.7. The van der Waals surface area contributed by atoms with Crippen LogP contribution in [0.5, 0.6) is 0 Å². The largest absolute Gasteiger partial charge is 0.478 e. The first-order valence-electron chi connectivity index (χ1n) is 13.1. The van der Waals surface area contributed by atoms with Crippen molar-refractivity contribution in [2.45, 2.75) is 30.6 Å². The molecule has 6 rings (SSSR count). The Labute approximate surface area is 251 Å². The van der Waals surface area contributed by atoms with Crippen LogP contribution in [0, 0.1) is 20.8 Å². The Morgan fingerprint density at radius 3 is 1.80 bits per heavy atom. The molecule has 4 aromatic rings. The molecule has 0 saturated heterocycles. The van der Waals surface area contributed by atoms with Gasteiger partial charge in [-0.2, -0.15) is 16.8 Å². The number of carbonyl (C=O) groups is 1. The maximum Gasteiger partial charge on any atom is 0.340 e. The molecule has 14 heteroatoms. The summed E-state index contributed by atoms with van der Waals surface area (Å²) in [5.41, 5.74) is 3.03. The number of carboxylic acids is 1. The number of nitrogens with one attached hydrogen (secondary N) is 2. The molecule has 0 atom stereocenters. The fourth-order valence-electron chi connectivity index (χ4n) is 5.88. The first-order valence-corrected chi connectivity index (χ1v) is 15.9. The van der Waals surface area contributed by atoms with Gasteiger partial charge in [0.25, 0.3) is 20.2 Å². The molecule has 0 aliphatic carbocycles. The third-order valence-corrected chi connectivity index (χ3v) is 9.74. The van der Waals surface area contributed by atoms with E-state index in [0.717, 1.165) is 11.0 Å². The van der Waals surface area contributed by atoms with Crippen molar-refractivity contribution in [1.82, 2.24) is 19.9 Å². The van der Waals surface area contributed by atoms with Crippen molar-refractivity contribution in [3.05, 3.63) is 81.4 Å². The van der Waals surface area contributed by atoms with E-state index in [1.807, 2.05) is 18.2 Å². The lowest BCUT2D eigenvalue weighted by Gasteiger charge is -2.20. The van der Waals surface area contributed by atoms with Gasteiger partial charge >= 0.3 is 5.97 Å². The second-order valence-corrected chi connectivity index (χ2v) is 13.1. The van der Waals surface area contributed by atoms with E-state index in [4.69, 9.17) is 0 Å². The monoisotopic (exact) mass is 632 g/mol. The standard InChI is InChI=1S/C30H24N4O8S2/c1-14-25(15(2)29(44(40,41)42)16(3)28(14)43(37,38)39)26-21-8-6-19(32-21)12-17-4-5-18(31-17)13-20-7-9-23(33-20)27(30(35)36)24-11-10-22(26)34-24/h4-13,31-32H,1-3H3,(H,35,36)(H,37,38,39)(H,40,41,42). The molecule has 2 aliphatic heterocycles. The second-order valence-electron chi connectivity index (χ2n) is 10.4. The molecule has 5 heterocycles. The van der Waals surface area contributed by atoms with Crippen LogP contribution in [-0.4, -0.2) is 57.0 Å². The Balaban J connectivity index is 1.87. The molecule has 0 amide bonds. The number of nitrogens with zero attached hydrogens (tertiary/aromatic N) is 2. The summed E-state index contributed by atoms with van der Waals surface area (Å²) in [6.07, 6.45) is 6.21. The van der Waals surface area contributed by atoms with Crippen molar-refractivity contribution < 1.29 is 35.8 Å². The van der Waals surface area contributed by atoms with Crippen molar-refractivity contribution in [3.8, 4) is 11.1 Å². The highest BCUT2D eigenvalue weighted by Gasteiger charge is 2.31. The Bertz CT molecular complexity index is 2340. The van der Waals surface area contributed by atoms with Gasteiger partial charge in [-0.05, 0) is 104 Å². The SMILES string of the molecule is Cc1c(-c2c3nc(c(C(=O)O)c4nc(cc5ccc(cc6ccc2[nH]6)[nH]5)C=C4)C=C3)c(C)c(S(=O)(=O)O)c(C)c1S(=O)(=O)O. The Morgan fingerprint density at radius 1 is 0.659 bits per heavy atom. The number of rotatable bonds is 4. The van der Waals surface area contributed by atoms with Gasteiger partial charge in [-0.15, -0.1) is 0 Å². The first-order chi connectivity index (χ1) is 20.6. The van der Waals surface area contributed by atoms with E-state index < -0.39 is 36.0 Å². The van der Waals surface area contributed by atoms with Crippen molar-refractivity contribution in [2.24, 2.45) is 0 Å². The fourth-order valence-corrected chi connectivity index (χ4v) is 7.90. The van der Waals surface area contributed by atoms with E-state index in [2.05, 4.69) is 19.9 Å². The maximum absolute atomic E-state index is 12.6. The zero-order chi connectivity index (χ0) is 31.7. The average molecular weight is 633 g/mol. The first kappa shape index (κ1) is 29.2. The Hall–Kier alpha value is -4.89. The van der Waals surface area contributed by atoms with Gasteiger partial charge in [0.15, 0.2) is 0 Å². The molecule has 44 heavy (non-hydrogen) atoms. The quantitative estimate of drug-likeness (QED) is 0.156. The predicted molar refractivity (Wildman–Crippen MR) is 165 cm³/mol. The molecule has 5 N–H and O–H groups in total. The fraction of sp³-hybridized carbons (Fsp3) is 0.100. The normalized spacial score (nSPS) is 13.0. The maximum atomic E-state index is 12.6. The summed E-state index contributed by atoms with van der Waals surface area (Å²) in [6, 6.07) is 10.7. The van der Waals surface area contributed by atoms with Crippen molar-refractivity contribution in [1.29, 1.82) is 0 Å². The van der Waals surface area contributed by atoms with Crippen LogP contribution in [-0.2, 0) is 20.2 Å². The van der Waals surface area contributed by atoms with E-state index in [9.17, 15) is 35.8 Å². The van der Waals surface area contributed by atoms with Crippen LogP contribution in [0.4, 0.5) is 0 Å². The molecule has 0 radical (unpaired) electrons. The van der Waals surface area contributed by atoms with Gasteiger partial charge in [0.1, 0.15) is 15.4 Å². The van der Waals surface area contributed by atoms with Gasteiger partial charge in [-0.1, -0.05) is 0 Å². The van der Waals surface area contributed by atoms with Gasteiger partial charge in [0, 0.05) is 27.6 Å². The predicted octanol–water partition coefficient (Wildman–Crippen LogP) is 5.44. The van der Waals surface area contributed by atoms with E-state index in [1.165, 1.54) is 32.9 Å². The average Bonchev–Trinajstić information content (AvgIpc) is 3.70. The summed E-state index contributed by atoms with van der Waals surface area (Å²) >= 11 is 0. The van der Waals surface area contributed by atoms with Crippen molar-refractivity contribution in [3.63, 3.8) is 0 Å². The van der Waals surface area contributed by atoms with Gasteiger partial charge in [0.2, 0.25) is 0 Å². The highest BCUT2D eigenvalue weighted by Crippen LogP contribution is 2.42. The van der Waals surface area contributed by atoms with E-state index in [0.29, 0.717) is 16.7 Å².